The number of ether oxygens (including phenoxy) is 3. The molecular weight excluding hydrogens is 234 g/mol. The standard InChI is InChI=1S/C13H21NO4/c1-16-12(17-2)9-14-10-8-11(15)18-13(10)6-4-3-5-7-13/h8,12,14H,3-7,9H2,1-2H3. The lowest BCUT2D eigenvalue weighted by atomic mass is 9.83. The average molecular weight is 255 g/mol. The van der Waals surface area contributed by atoms with Gasteiger partial charge in [0.25, 0.3) is 0 Å². The number of hydrogen-bond acceptors (Lipinski definition) is 5. The Balaban J connectivity index is 2.00. The fraction of sp³-hybridized carbons (Fsp3) is 0.769. The van der Waals surface area contributed by atoms with Crippen LogP contribution >= 0.6 is 0 Å². The van der Waals surface area contributed by atoms with Crippen molar-refractivity contribution in [1.29, 1.82) is 0 Å². The molecule has 1 fully saturated rings. The van der Waals surface area contributed by atoms with Gasteiger partial charge in [0.1, 0.15) is 0 Å². The minimum atomic E-state index is -0.415. The van der Waals surface area contributed by atoms with E-state index in [1.54, 1.807) is 20.3 Å². The van der Waals surface area contributed by atoms with Gasteiger partial charge in [0.15, 0.2) is 11.9 Å². The van der Waals surface area contributed by atoms with Gasteiger partial charge in [-0.15, -0.1) is 0 Å². The Bertz CT molecular complexity index is 330. The molecule has 1 aliphatic heterocycles. The van der Waals surface area contributed by atoms with Crippen LogP contribution in [-0.4, -0.2) is 38.6 Å². The number of rotatable bonds is 5. The van der Waals surface area contributed by atoms with E-state index in [4.69, 9.17) is 14.2 Å². The summed E-state index contributed by atoms with van der Waals surface area (Å²) in [5, 5.41) is 3.24. The van der Waals surface area contributed by atoms with Crippen molar-refractivity contribution in [3.63, 3.8) is 0 Å². The first-order valence-electron chi connectivity index (χ1n) is 6.45. The smallest absolute Gasteiger partial charge is 0.333 e. The predicted octanol–water partition coefficient (Wildman–Crippen LogP) is 1.34. The summed E-state index contributed by atoms with van der Waals surface area (Å²) < 4.78 is 15.8. The Labute approximate surface area is 107 Å². The highest BCUT2D eigenvalue weighted by Crippen LogP contribution is 2.39. The third-order valence-corrected chi connectivity index (χ3v) is 3.70. The van der Waals surface area contributed by atoms with Crippen molar-refractivity contribution in [3.8, 4) is 0 Å². The Hall–Kier alpha value is -1.07. The van der Waals surface area contributed by atoms with Crippen LogP contribution in [0.1, 0.15) is 32.1 Å². The molecule has 1 spiro atoms. The highest BCUT2D eigenvalue weighted by molar-refractivity contribution is 5.86. The van der Waals surface area contributed by atoms with Gasteiger partial charge < -0.3 is 19.5 Å². The van der Waals surface area contributed by atoms with Crippen LogP contribution in [0.4, 0.5) is 0 Å². The maximum atomic E-state index is 11.5. The summed E-state index contributed by atoms with van der Waals surface area (Å²) in [6, 6.07) is 0. The molecule has 0 bridgehead atoms. The molecule has 0 aromatic rings. The van der Waals surface area contributed by atoms with Gasteiger partial charge in [0.2, 0.25) is 0 Å². The third-order valence-electron chi connectivity index (χ3n) is 3.70. The van der Waals surface area contributed by atoms with E-state index in [0.717, 1.165) is 31.4 Å². The molecule has 1 N–H and O–H groups in total. The SMILES string of the molecule is COC(CNC1=CC(=O)OC12CCCCC2)OC. The monoisotopic (exact) mass is 255 g/mol. The Morgan fingerprint density at radius 2 is 2.00 bits per heavy atom. The number of carbonyl (C=O) groups excluding carboxylic acids is 1. The van der Waals surface area contributed by atoms with Crippen molar-refractivity contribution in [1.82, 2.24) is 5.32 Å². The van der Waals surface area contributed by atoms with Gasteiger partial charge in [0.05, 0.1) is 12.2 Å². The fourth-order valence-corrected chi connectivity index (χ4v) is 2.69. The second-order valence-corrected chi connectivity index (χ2v) is 4.82. The van der Waals surface area contributed by atoms with Crippen molar-refractivity contribution in [2.24, 2.45) is 0 Å². The van der Waals surface area contributed by atoms with Crippen LogP contribution in [0.15, 0.2) is 11.8 Å². The number of carbonyl (C=O) groups is 1. The highest BCUT2D eigenvalue weighted by atomic mass is 16.7. The minimum Gasteiger partial charge on any atom is -0.449 e. The largest absolute Gasteiger partial charge is 0.449 e. The summed E-state index contributed by atoms with van der Waals surface area (Å²) >= 11 is 0. The first-order valence-corrected chi connectivity index (χ1v) is 6.45. The topological polar surface area (TPSA) is 56.8 Å². The molecule has 0 amide bonds. The van der Waals surface area contributed by atoms with Crippen LogP contribution in [0.3, 0.4) is 0 Å². The first kappa shape index (κ1) is 13.4. The molecule has 1 heterocycles. The van der Waals surface area contributed by atoms with E-state index in [9.17, 15) is 4.79 Å². The van der Waals surface area contributed by atoms with Crippen molar-refractivity contribution < 1.29 is 19.0 Å². The summed E-state index contributed by atoms with van der Waals surface area (Å²) in [6.07, 6.45) is 6.47. The molecule has 2 rings (SSSR count). The lowest BCUT2D eigenvalue weighted by Crippen LogP contribution is -2.42. The van der Waals surface area contributed by atoms with Gasteiger partial charge in [-0.2, -0.15) is 0 Å². The molecule has 5 nitrogen and oxygen atoms in total. The van der Waals surface area contributed by atoms with Crippen molar-refractivity contribution in [2.45, 2.75) is 44.0 Å². The molecule has 1 saturated carbocycles. The molecule has 0 aromatic carbocycles. The van der Waals surface area contributed by atoms with Gasteiger partial charge in [-0.3, -0.25) is 0 Å². The Morgan fingerprint density at radius 3 is 2.61 bits per heavy atom. The molecule has 5 heteroatoms. The van der Waals surface area contributed by atoms with E-state index in [2.05, 4.69) is 5.32 Å². The fourth-order valence-electron chi connectivity index (χ4n) is 2.69. The van der Waals surface area contributed by atoms with E-state index in [-0.39, 0.29) is 12.3 Å². The van der Waals surface area contributed by atoms with Crippen LogP contribution in [0.25, 0.3) is 0 Å². The first-order chi connectivity index (χ1) is 8.70. The average Bonchev–Trinajstić information content (AvgIpc) is 2.67. The zero-order valence-corrected chi connectivity index (χ0v) is 11.0. The normalized spacial score (nSPS) is 22.2. The summed E-state index contributed by atoms with van der Waals surface area (Å²) in [5.41, 5.74) is 0.466. The molecule has 18 heavy (non-hydrogen) atoms. The molecule has 0 radical (unpaired) electrons. The maximum Gasteiger partial charge on any atom is 0.333 e. The van der Waals surface area contributed by atoms with E-state index in [1.165, 1.54) is 6.42 Å². The van der Waals surface area contributed by atoms with E-state index >= 15 is 0 Å². The van der Waals surface area contributed by atoms with Gasteiger partial charge >= 0.3 is 5.97 Å². The molecule has 2 aliphatic rings. The lowest BCUT2D eigenvalue weighted by Gasteiger charge is -2.35. The molecule has 0 atom stereocenters. The zero-order valence-electron chi connectivity index (χ0n) is 11.0. The summed E-state index contributed by atoms with van der Waals surface area (Å²) in [6.45, 7) is 0.511. The summed E-state index contributed by atoms with van der Waals surface area (Å²) in [4.78, 5) is 11.5. The van der Waals surface area contributed by atoms with Crippen molar-refractivity contribution >= 4 is 5.97 Å². The zero-order chi connectivity index (χ0) is 13.0. The molecule has 1 aliphatic carbocycles. The number of methoxy groups -OCH3 is 2. The van der Waals surface area contributed by atoms with E-state index < -0.39 is 5.60 Å². The van der Waals surface area contributed by atoms with Crippen LogP contribution in [0, 0.1) is 0 Å². The second kappa shape index (κ2) is 5.71. The molecule has 0 unspecified atom stereocenters. The third kappa shape index (κ3) is 2.67. The number of hydrogen-bond donors (Lipinski definition) is 1. The predicted molar refractivity (Wildman–Crippen MR) is 65.8 cm³/mol. The number of esters is 1. The summed E-state index contributed by atoms with van der Waals surface area (Å²) in [5.74, 6) is -0.245. The second-order valence-electron chi connectivity index (χ2n) is 4.82. The number of nitrogens with one attached hydrogen (secondary N) is 1. The van der Waals surface area contributed by atoms with Crippen molar-refractivity contribution in [3.05, 3.63) is 11.8 Å². The van der Waals surface area contributed by atoms with Gasteiger partial charge in [-0.05, 0) is 25.7 Å². The molecular formula is C13H21NO4. The minimum absolute atomic E-state index is 0.245. The molecule has 0 saturated heterocycles. The highest BCUT2D eigenvalue weighted by Gasteiger charge is 2.44. The Morgan fingerprint density at radius 1 is 1.33 bits per heavy atom. The molecule has 102 valence electrons. The van der Waals surface area contributed by atoms with Gasteiger partial charge in [-0.25, -0.2) is 4.79 Å². The van der Waals surface area contributed by atoms with Crippen LogP contribution in [0.5, 0.6) is 0 Å². The van der Waals surface area contributed by atoms with Crippen LogP contribution in [-0.2, 0) is 19.0 Å². The van der Waals surface area contributed by atoms with Gasteiger partial charge in [-0.1, -0.05) is 6.42 Å². The Kier molecular flexibility index (Phi) is 4.24. The lowest BCUT2D eigenvalue weighted by molar-refractivity contribution is -0.148. The van der Waals surface area contributed by atoms with E-state index in [0.29, 0.717) is 6.54 Å². The van der Waals surface area contributed by atoms with Crippen LogP contribution in [0.2, 0.25) is 0 Å². The quantitative estimate of drug-likeness (QED) is 0.593. The summed E-state index contributed by atoms with van der Waals surface area (Å²) in [7, 11) is 3.19. The van der Waals surface area contributed by atoms with Gasteiger partial charge in [0, 0.05) is 20.3 Å². The van der Waals surface area contributed by atoms with Crippen LogP contribution < -0.4 is 5.32 Å². The van der Waals surface area contributed by atoms with Crippen molar-refractivity contribution in [2.75, 3.05) is 20.8 Å². The maximum absolute atomic E-state index is 11.5. The van der Waals surface area contributed by atoms with E-state index in [1.807, 2.05) is 0 Å². The molecule has 0 aromatic heterocycles.